The van der Waals surface area contributed by atoms with E-state index in [2.05, 4.69) is 0 Å². The second kappa shape index (κ2) is 11.2. The molecule has 0 spiro atoms. The molecule has 0 unspecified atom stereocenters. The second-order valence-electron chi connectivity index (χ2n) is 4.27. The van der Waals surface area contributed by atoms with Gasteiger partial charge in [0.15, 0.2) is 0 Å². The van der Waals surface area contributed by atoms with Crippen molar-refractivity contribution in [3.05, 3.63) is 0 Å². The maximum absolute atomic E-state index is 12.7. The van der Waals surface area contributed by atoms with Crippen LogP contribution < -0.4 is 0 Å². The highest BCUT2D eigenvalue weighted by atomic mass is 31.2. The summed E-state index contributed by atoms with van der Waals surface area (Å²) in [5, 5.41) is 0. The molecule has 0 amide bonds. The molecule has 0 aliphatic carbocycles. The molecular formula is C12H27O4P. The van der Waals surface area contributed by atoms with Gasteiger partial charge in [-0.05, 0) is 19.3 Å². The Labute approximate surface area is 105 Å². The Morgan fingerprint density at radius 2 is 1.00 bits per heavy atom. The van der Waals surface area contributed by atoms with Crippen LogP contribution in [-0.2, 0) is 18.8 Å². The third-order valence-corrected chi connectivity index (χ3v) is 6.14. The molecule has 0 rings (SSSR count). The van der Waals surface area contributed by atoms with Crippen molar-refractivity contribution in [2.75, 3.05) is 59.6 Å². The van der Waals surface area contributed by atoms with E-state index in [4.69, 9.17) is 14.2 Å². The molecule has 0 saturated carbocycles. The molecule has 0 aliphatic rings. The summed E-state index contributed by atoms with van der Waals surface area (Å²) >= 11 is 0. The van der Waals surface area contributed by atoms with Crippen molar-refractivity contribution in [1.82, 2.24) is 0 Å². The zero-order valence-electron chi connectivity index (χ0n) is 11.4. The van der Waals surface area contributed by atoms with Gasteiger partial charge in [0, 0.05) is 59.6 Å². The van der Waals surface area contributed by atoms with E-state index in [-0.39, 0.29) is 0 Å². The maximum atomic E-state index is 12.7. The smallest absolute Gasteiger partial charge is 0.0880 e. The topological polar surface area (TPSA) is 44.8 Å². The molecule has 0 aliphatic heterocycles. The first-order valence-corrected chi connectivity index (χ1v) is 8.48. The van der Waals surface area contributed by atoms with Crippen molar-refractivity contribution in [3.8, 4) is 0 Å². The zero-order chi connectivity index (χ0) is 13.0. The highest BCUT2D eigenvalue weighted by Gasteiger charge is 2.20. The van der Waals surface area contributed by atoms with Gasteiger partial charge in [0.05, 0.1) is 7.14 Å². The van der Waals surface area contributed by atoms with Crippen LogP contribution in [0.4, 0.5) is 0 Å². The van der Waals surface area contributed by atoms with Gasteiger partial charge in [-0.2, -0.15) is 0 Å². The van der Waals surface area contributed by atoms with E-state index >= 15 is 0 Å². The van der Waals surface area contributed by atoms with Crippen LogP contribution in [0.2, 0.25) is 0 Å². The second-order valence-corrected chi connectivity index (χ2v) is 7.73. The first kappa shape index (κ1) is 17.1. The van der Waals surface area contributed by atoms with E-state index < -0.39 is 7.14 Å². The van der Waals surface area contributed by atoms with E-state index in [1.54, 1.807) is 21.3 Å². The summed E-state index contributed by atoms with van der Waals surface area (Å²) in [7, 11) is 3.00. The fraction of sp³-hybridized carbons (Fsp3) is 1.00. The van der Waals surface area contributed by atoms with Gasteiger partial charge in [-0.15, -0.1) is 0 Å². The first-order valence-electron chi connectivity index (χ1n) is 6.22. The minimum absolute atomic E-state index is 0.693. The summed E-state index contributed by atoms with van der Waals surface area (Å²) in [4.78, 5) is 0. The van der Waals surface area contributed by atoms with Crippen molar-refractivity contribution >= 4 is 7.14 Å². The number of hydrogen-bond acceptors (Lipinski definition) is 4. The Hall–Kier alpha value is 0.110. The predicted octanol–water partition coefficient (Wildman–Crippen LogP) is 2.46. The van der Waals surface area contributed by atoms with E-state index in [0.717, 1.165) is 37.7 Å². The molecule has 0 N–H and O–H groups in total. The lowest BCUT2D eigenvalue weighted by atomic mass is 10.5. The van der Waals surface area contributed by atoms with Crippen molar-refractivity contribution in [2.45, 2.75) is 19.3 Å². The van der Waals surface area contributed by atoms with Gasteiger partial charge in [-0.25, -0.2) is 0 Å². The Kier molecular flexibility index (Phi) is 11.3. The molecule has 0 radical (unpaired) electrons. The lowest BCUT2D eigenvalue weighted by molar-refractivity contribution is 0.196. The van der Waals surface area contributed by atoms with E-state index in [0.29, 0.717) is 19.8 Å². The van der Waals surface area contributed by atoms with E-state index in [9.17, 15) is 4.57 Å². The predicted molar refractivity (Wildman–Crippen MR) is 71.7 cm³/mol. The molecule has 0 saturated heterocycles. The molecule has 0 aromatic carbocycles. The summed E-state index contributed by atoms with van der Waals surface area (Å²) in [5.74, 6) is 0. The molecule has 5 heteroatoms. The number of rotatable bonds is 12. The fourth-order valence-electron chi connectivity index (χ4n) is 1.83. The van der Waals surface area contributed by atoms with Crippen LogP contribution in [0, 0.1) is 0 Å². The average molecular weight is 266 g/mol. The van der Waals surface area contributed by atoms with Gasteiger partial charge >= 0.3 is 0 Å². The normalized spacial score (nSPS) is 11.9. The van der Waals surface area contributed by atoms with Gasteiger partial charge in [-0.1, -0.05) is 0 Å². The molecule has 17 heavy (non-hydrogen) atoms. The van der Waals surface area contributed by atoms with E-state index in [1.807, 2.05) is 0 Å². The van der Waals surface area contributed by atoms with Gasteiger partial charge in [0.1, 0.15) is 0 Å². The molecule has 104 valence electrons. The van der Waals surface area contributed by atoms with Crippen molar-refractivity contribution in [3.63, 3.8) is 0 Å². The fourth-order valence-corrected chi connectivity index (χ4v) is 4.61. The molecule has 0 fully saturated rings. The van der Waals surface area contributed by atoms with Crippen LogP contribution in [0.15, 0.2) is 0 Å². The standard InChI is InChI=1S/C12H27O4P/c1-14-7-4-10-17(13,11-5-8-15-2)12-6-9-16-3/h4-12H2,1-3H3. The lowest BCUT2D eigenvalue weighted by Crippen LogP contribution is -2.06. The van der Waals surface area contributed by atoms with Gasteiger partial charge < -0.3 is 18.8 Å². The van der Waals surface area contributed by atoms with Crippen LogP contribution in [-0.4, -0.2) is 59.6 Å². The third kappa shape index (κ3) is 9.78. The van der Waals surface area contributed by atoms with Crippen molar-refractivity contribution in [2.24, 2.45) is 0 Å². The van der Waals surface area contributed by atoms with Crippen LogP contribution in [0.25, 0.3) is 0 Å². The Morgan fingerprint density at radius 3 is 1.24 bits per heavy atom. The van der Waals surface area contributed by atoms with E-state index in [1.165, 1.54) is 0 Å². The van der Waals surface area contributed by atoms with Crippen LogP contribution >= 0.6 is 7.14 Å². The van der Waals surface area contributed by atoms with Crippen molar-refractivity contribution < 1.29 is 18.8 Å². The highest BCUT2D eigenvalue weighted by molar-refractivity contribution is 7.63. The van der Waals surface area contributed by atoms with Gasteiger partial charge in [0.25, 0.3) is 0 Å². The Balaban J connectivity index is 4.00. The summed E-state index contributed by atoms with van der Waals surface area (Å²) < 4.78 is 27.7. The molecular weight excluding hydrogens is 239 g/mol. The average Bonchev–Trinajstić information content (AvgIpc) is 2.30. The Bertz CT molecular complexity index is 175. The minimum Gasteiger partial charge on any atom is -0.385 e. The van der Waals surface area contributed by atoms with Crippen LogP contribution in [0.3, 0.4) is 0 Å². The number of hydrogen-bond donors (Lipinski definition) is 0. The van der Waals surface area contributed by atoms with Crippen LogP contribution in [0.5, 0.6) is 0 Å². The monoisotopic (exact) mass is 266 g/mol. The Morgan fingerprint density at radius 1 is 0.706 bits per heavy atom. The quantitative estimate of drug-likeness (QED) is 0.402. The molecule has 0 atom stereocenters. The van der Waals surface area contributed by atoms with Crippen molar-refractivity contribution in [1.29, 1.82) is 0 Å². The van der Waals surface area contributed by atoms with Gasteiger partial charge in [-0.3, -0.25) is 0 Å². The number of methoxy groups -OCH3 is 3. The largest absolute Gasteiger partial charge is 0.385 e. The SMILES string of the molecule is COCCCP(=O)(CCCOC)CCCOC. The summed E-state index contributed by atoms with van der Waals surface area (Å²) in [5.41, 5.74) is 0. The molecule has 0 bridgehead atoms. The lowest BCUT2D eigenvalue weighted by Gasteiger charge is -2.18. The third-order valence-electron chi connectivity index (χ3n) is 2.74. The maximum Gasteiger partial charge on any atom is 0.0880 e. The zero-order valence-corrected chi connectivity index (χ0v) is 12.3. The molecule has 0 aromatic heterocycles. The van der Waals surface area contributed by atoms with Crippen LogP contribution in [0.1, 0.15) is 19.3 Å². The minimum atomic E-state index is -2.05. The highest BCUT2D eigenvalue weighted by Crippen LogP contribution is 2.47. The summed E-state index contributed by atoms with van der Waals surface area (Å²) in [6, 6.07) is 0. The summed E-state index contributed by atoms with van der Waals surface area (Å²) in [6.07, 6.45) is 5.01. The molecule has 4 nitrogen and oxygen atoms in total. The van der Waals surface area contributed by atoms with Gasteiger partial charge in [0.2, 0.25) is 0 Å². The number of ether oxygens (including phenoxy) is 3. The molecule has 0 heterocycles. The summed E-state index contributed by atoms with van der Waals surface area (Å²) in [6.45, 7) is 2.08. The molecule has 0 aromatic rings. The first-order chi connectivity index (χ1) is 8.18.